The summed E-state index contributed by atoms with van der Waals surface area (Å²) in [5, 5.41) is 0. The second kappa shape index (κ2) is 3.83. The van der Waals surface area contributed by atoms with Crippen LogP contribution in [0.15, 0.2) is 36.5 Å². The first-order valence-electron chi connectivity index (χ1n) is 4.36. The van der Waals surface area contributed by atoms with E-state index in [0.29, 0.717) is 11.5 Å². The van der Waals surface area contributed by atoms with Crippen molar-refractivity contribution in [3.05, 3.63) is 36.5 Å². The van der Waals surface area contributed by atoms with Gasteiger partial charge in [-0.3, -0.25) is 0 Å². The van der Waals surface area contributed by atoms with Crippen molar-refractivity contribution in [3.8, 4) is 11.5 Å². The number of nitrogens with two attached hydrogens (primary N) is 2. The van der Waals surface area contributed by atoms with Crippen molar-refractivity contribution in [1.29, 1.82) is 0 Å². The van der Waals surface area contributed by atoms with Crippen molar-refractivity contribution in [1.82, 2.24) is 9.97 Å². The average Bonchev–Trinajstić information content (AvgIpc) is 2.24. The summed E-state index contributed by atoms with van der Waals surface area (Å²) in [4.78, 5) is 7.59. The monoisotopic (exact) mass is 202 g/mol. The van der Waals surface area contributed by atoms with E-state index in [4.69, 9.17) is 16.2 Å². The van der Waals surface area contributed by atoms with E-state index in [1.54, 1.807) is 0 Å². The van der Waals surface area contributed by atoms with Gasteiger partial charge in [0, 0.05) is 0 Å². The maximum Gasteiger partial charge on any atom is 0.222 e. The number of rotatable bonds is 2. The molecule has 0 aliphatic rings. The van der Waals surface area contributed by atoms with Gasteiger partial charge in [-0.1, -0.05) is 18.2 Å². The molecule has 15 heavy (non-hydrogen) atoms. The molecule has 0 aliphatic heterocycles. The molecule has 0 fully saturated rings. The number of nitrogen functional groups attached to an aromatic ring is 2. The van der Waals surface area contributed by atoms with Crippen LogP contribution in [0.25, 0.3) is 0 Å². The first-order chi connectivity index (χ1) is 7.25. The molecule has 76 valence electrons. The molecule has 1 heterocycles. The van der Waals surface area contributed by atoms with Gasteiger partial charge in [-0.2, -0.15) is 4.98 Å². The third kappa shape index (κ3) is 2.14. The van der Waals surface area contributed by atoms with E-state index >= 15 is 0 Å². The first kappa shape index (κ1) is 9.26. The molecule has 1 aromatic carbocycles. The highest BCUT2D eigenvalue weighted by Crippen LogP contribution is 2.24. The van der Waals surface area contributed by atoms with Gasteiger partial charge in [-0.15, -0.1) is 0 Å². The van der Waals surface area contributed by atoms with Crippen molar-refractivity contribution in [2.45, 2.75) is 0 Å². The fourth-order valence-corrected chi connectivity index (χ4v) is 1.09. The van der Waals surface area contributed by atoms with Crippen molar-refractivity contribution in [3.63, 3.8) is 0 Å². The second-order valence-electron chi connectivity index (χ2n) is 2.89. The summed E-state index contributed by atoms with van der Waals surface area (Å²) in [7, 11) is 0. The quantitative estimate of drug-likeness (QED) is 0.769. The number of para-hydroxylation sites is 1. The van der Waals surface area contributed by atoms with Crippen LogP contribution in [0.2, 0.25) is 0 Å². The summed E-state index contributed by atoms with van der Waals surface area (Å²) in [5.74, 6) is 1.44. The van der Waals surface area contributed by atoms with Crippen LogP contribution < -0.4 is 16.2 Å². The summed E-state index contributed by atoms with van der Waals surface area (Å²) in [6, 6.07) is 9.26. The van der Waals surface area contributed by atoms with E-state index < -0.39 is 0 Å². The highest BCUT2D eigenvalue weighted by Gasteiger charge is 2.04. The third-order valence-corrected chi connectivity index (χ3v) is 1.77. The molecule has 0 saturated heterocycles. The smallest absolute Gasteiger partial charge is 0.222 e. The highest BCUT2D eigenvalue weighted by molar-refractivity contribution is 5.48. The molecule has 0 spiro atoms. The Morgan fingerprint density at radius 2 is 1.80 bits per heavy atom. The lowest BCUT2D eigenvalue weighted by molar-refractivity contribution is 0.481. The van der Waals surface area contributed by atoms with Gasteiger partial charge in [0.25, 0.3) is 0 Å². The molecule has 0 amide bonds. The number of nitrogens with zero attached hydrogens (tertiary/aromatic N) is 2. The van der Waals surface area contributed by atoms with Crippen molar-refractivity contribution in [2.75, 3.05) is 11.5 Å². The largest absolute Gasteiger partial charge is 0.452 e. The summed E-state index contributed by atoms with van der Waals surface area (Å²) >= 11 is 0. The van der Waals surface area contributed by atoms with Gasteiger partial charge in [-0.25, -0.2) is 4.98 Å². The van der Waals surface area contributed by atoms with Crippen LogP contribution in [-0.2, 0) is 0 Å². The molecular weight excluding hydrogens is 192 g/mol. The fourth-order valence-electron chi connectivity index (χ4n) is 1.09. The zero-order chi connectivity index (χ0) is 10.7. The van der Waals surface area contributed by atoms with Crippen molar-refractivity contribution in [2.24, 2.45) is 0 Å². The Morgan fingerprint density at radius 3 is 2.47 bits per heavy atom. The maximum absolute atomic E-state index is 5.61. The number of hydrogen-bond donors (Lipinski definition) is 2. The molecule has 0 bridgehead atoms. The normalized spacial score (nSPS) is 9.87. The Balaban J connectivity index is 2.25. The van der Waals surface area contributed by atoms with Crippen LogP contribution in [-0.4, -0.2) is 9.97 Å². The second-order valence-corrected chi connectivity index (χ2v) is 2.89. The van der Waals surface area contributed by atoms with Crippen molar-refractivity contribution >= 4 is 11.8 Å². The zero-order valence-corrected chi connectivity index (χ0v) is 7.92. The minimum atomic E-state index is 0.132. The summed E-state index contributed by atoms with van der Waals surface area (Å²) in [6.07, 6.45) is 1.45. The summed E-state index contributed by atoms with van der Waals surface area (Å²) in [5.41, 5.74) is 11.0. The number of anilines is 2. The Morgan fingerprint density at radius 1 is 1.07 bits per heavy atom. The predicted octanol–water partition coefficient (Wildman–Crippen LogP) is 1.43. The van der Waals surface area contributed by atoms with E-state index in [1.807, 2.05) is 30.3 Å². The molecule has 0 unspecified atom stereocenters. The molecule has 0 aliphatic carbocycles. The average molecular weight is 202 g/mol. The van der Waals surface area contributed by atoms with E-state index in [0.717, 1.165) is 0 Å². The molecule has 0 radical (unpaired) electrons. The Kier molecular flexibility index (Phi) is 2.37. The summed E-state index contributed by atoms with van der Waals surface area (Å²) in [6.45, 7) is 0. The Hall–Kier alpha value is -2.30. The number of hydrogen-bond acceptors (Lipinski definition) is 5. The van der Waals surface area contributed by atoms with E-state index in [1.165, 1.54) is 6.20 Å². The highest BCUT2D eigenvalue weighted by atomic mass is 16.5. The van der Waals surface area contributed by atoms with Crippen molar-refractivity contribution < 1.29 is 4.74 Å². The molecule has 5 heteroatoms. The van der Waals surface area contributed by atoms with E-state index in [-0.39, 0.29) is 11.8 Å². The lowest BCUT2D eigenvalue weighted by Gasteiger charge is -2.06. The van der Waals surface area contributed by atoms with E-state index in [2.05, 4.69) is 9.97 Å². The Bertz CT molecular complexity index is 458. The molecule has 4 N–H and O–H groups in total. The molecule has 5 nitrogen and oxygen atoms in total. The molecular formula is C10H10N4O. The summed E-state index contributed by atoms with van der Waals surface area (Å²) < 4.78 is 5.46. The lowest BCUT2D eigenvalue weighted by atomic mass is 10.3. The van der Waals surface area contributed by atoms with Crippen LogP contribution >= 0.6 is 0 Å². The van der Waals surface area contributed by atoms with Crippen LogP contribution in [0, 0.1) is 0 Å². The number of aromatic nitrogens is 2. The maximum atomic E-state index is 5.61. The van der Waals surface area contributed by atoms with Gasteiger partial charge in [-0.05, 0) is 12.1 Å². The minimum Gasteiger partial charge on any atom is -0.452 e. The molecule has 2 rings (SSSR count). The Labute approximate surface area is 86.7 Å². The standard InChI is InChI=1S/C10H10N4O/c11-9-8(6-13-10(12)14-9)15-7-4-2-1-3-5-7/h1-6H,(H4,11,12,13,14). The topological polar surface area (TPSA) is 87.0 Å². The third-order valence-electron chi connectivity index (χ3n) is 1.77. The van der Waals surface area contributed by atoms with Crippen LogP contribution in [0.4, 0.5) is 11.8 Å². The predicted molar refractivity (Wildman–Crippen MR) is 57.4 cm³/mol. The molecule has 1 aromatic heterocycles. The number of ether oxygens (including phenoxy) is 1. The number of benzene rings is 1. The first-order valence-corrected chi connectivity index (χ1v) is 4.36. The molecule has 0 saturated carbocycles. The van der Waals surface area contributed by atoms with Gasteiger partial charge in [0.15, 0.2) is 11.6 Å². The SMILES string of the molecule is Nc1ncc(Oc2ccccc2)c(N)n1. The van der Waals surface area contributed by atoms with Crippen LogP contribution in [0.1, 0.15) is 0 Å². The van der Waals surface area contributed by atoms with Crippen LogP contribution in [0.5, 0.6) is 11.5 Å². The lowest BCUT2D eigenvalue weighted by Crippen LogP contribution is -2.01. The fraction of sp³-hybridized carbons (Fsp3) is 0. The van der Waals surface area contributed by atoms with Gasteiger partial charge in [0.2, 0.25) is 5.95 Å². The minimum absolute atomic E-state index is 0.132. The van der Waals surface area contributed by atoms with Crippen LogP contribution in [0.3, 0.4) is 0 Å². The van der Waals surface area contributed by atoms with Gasteiger partial charge in [0.05, 0.1) is 6.20 Å². The van der Waals surface area contributed by atoms with Gasteiger partial charge in [0.1, 0.15) is 5.75 Å². The zero-order valence-electron chi connectivity index (χ0n) is 7.92. The van der Waals surface area contributed by atoms with Gasteiger partial charge >= 0.3 is 0 Å². The molecule has 0 atom stereocenters. The van der Waals surface area contributed by atoms with E-state index in [9.17, 15) is 0 Å². The van der Waals surface area contributed by atoms with Gasteiger partial charge < -0.3 is 16.2 Å². The molecule has 2 aromatic rings.